The van der Waals surface area contributed by atoms with Gasteiger partial charge in [0.25, 0.3) is 5.56 Å². The van der Waals surface area contributed by atoms with E-state index >= 15 is 0 Å². The number of hydrogen-bond acceptors (Lipinski definition) is 3. The molecule has 3 N–H and O–H groups in total. The fourth-order valence-corrected chi connectivity index (χ4v) is 1.33. The van der Waals surface area contributed by atoms with Crippen molar-refractivity contribution >= 4 is 12.4 Å². The van der Waals surface area contributed by atoms with Gasteiger partial charge in [0, 0.05) is 11.3 Å². The van der Waals surface area contributed by atoms with Crippen LogP contribution in [-0.2, 0) is 12.0 Å². The van der Waals surface area contributed by atoms with E-state index in [2.05, 4.69) is 9.97 Å². The fraction of sp³-hybridized carbons (Fsp3) is 0.600. The van der Waals surface area contributed by atoms with Gasteiger partial charge < -0.3 is 10.7 Å². The van der Waals surface area contributed by atoms with Crippen LogP contribution in [-0.4, -0.2) is 9.97 Å². The maximum Gasteiger partial charge on any atom is 0.254 e. The molecule has 0 aromatic carbocycles. The van der Waals surface area contributed by atoms with Gasteiger partial charge in [0.15, 0.2) is 0 Å². The molecule has 1 aromatic rings. The molecule has 0 amide bonds. The first kappa shape index (κ1) is 14.1. The number of H-pyrrole nitrogens is 1. The lowest BCUT2D eigenvalue weighted by Crippen LogP contribution is -2.34. The number of aromatic nitrogens is 2. The normalized spacial score (nSPS) is 11.0. The van der Waals surface area contributed by atoms with Crippen molar-refractivity contribution in [3.05, 3.63) is 27.4 Å². The summed E-state index contributed by atoms with van der Waals surface area (Å²) < 4.78 is 0. The first-order chi connectivity index (χ1) is 6.36. The molecule has 1 heterocycles. The van der Waals surface area contributed by atoms with E-state index in [4.69, 9.17) is 5.73 Å². The van der Waals surface area contributed by atoms with Crippen LogP contribution in [0.25, 0.3) is 0 Å². The summed E-state index contributed by atoms with van der Waals surface area (Å²) in [5, 5.41) is 0. The molecule has 86 valence electrons. The molecular weight excluding hydrogens is 214 g/mol. The predicted molar refractivity (Wildman–Crippen MR) is 63.4 cm³/mol. The molecule has 0 bridgehead atoms. The lowest BCUT2D eigenvalue weighted by atomic mass is 10.1. The predicted octanol–water partition coefficient (Wildman–Crippen LogP) is 1.26. The minimum Gasteiger partial charge on any atom is -0.319 e. The summed E-state index contributed by atoms with van der Waals surface area (Å²) in [6.07, 6.45) is 0.694. The average molecular weight is 232 g/mol. The minimum atomic E-state index is -0.601. The highest BCUT2D eigenvalue weighted by atomic mass is 35.5. The van der Waals surface area contributed by atoms with E-state index in [0.29, 0.717) is 12.2 Å². The van der Waals surface area contributed by atoms with Gasteiger partial charge in [0.05, 0.1) is 5.54 Å². The number of hydrogen-bond donors (Lipinski definition) is 2. The Kier molecular flexibility index (Phi) is 4.49. The Bertz CT molecular complexity index is 393. The molecule has 0 aliphatic rings. The van der Waals surface area contributed by atoms with Gasteiger partial charge in [0.1, 0.15) is 5.82 Å². The van der Waals surface area contributed by atoms with Crippen molar-refractivity contribution in [1.82, 2.24) is 9.97 Å². The SMILES string of the molecule is CCc1c(C)nc(C(C)(C)N)[nH]c1=O.Cl. The maximum atomic E-state index is 11.6. The van der Waals surface area contributed by atoms with Crippen LogP contribution in [0, 0.1) is 6.92 Å². The summed E-state index contributed by atoms with van der Waals surface area (Å²) in [5.41, 5.74) is 6.68. The molecule has 0 spiro atoms. The van der Waals surface area contributed by atoms with Crippen LogP contribution < -0.4 is 11.3 Å². The van der Waals surface area contributed by atoms with E-state index in [0.717, 1.165) is 11.3 Å². The summed E-state index contributed by atoms with van der Waals surface area (Å²) in [6.45, 7) is 7.41. The van der Waals surface area contributed by atoms with E-state index < -0.39 is 5.54 Å². The van der Waals surface area contributed by atoms with Gasteiger partial charge in [-0.15, -0.1) is 12.4 Å². The third-order valence-electron chi connectivity index (χ3n) is 2.19. The van der Waals surface area contributed by atoms with Gasteiger partial charge in [-0.1, -0.05) is 6.92 Å². The van der Waals surface area contributed by atoms with E-state index in [1.54, 1.807) is 0 Å². The fourth-order valence-electron chi connectivity index (χ4n) is 1.33. The summed E-state index contributed by atoms with van der Waals surface area (Å²) >= 11 is 0. The second-order valence-electron chi connectivity index (χ2n) is 4.05. The average Bonchev–Trinajstić information content (AvgIpc) is 2.01. The monoisotopic (exact) mass is 231 g/mol. The zero-order chi connectivity index (χ0) is 10.9. The highest BCUT2D eigenvalue weighted by Crippen LogP contribution is 2.11. The van der Waals surface area contributed by atoms with Crippen molar-refractivity contribution < 1.29 is 0 Å². The van der Waals surface area contributed by atoms with Gasteiger partial charge in [-0.2, -0.15) is 0 Å². The van der Waals surface area contributed by atoms with Gasteiger partial charge >= 0.3 is 0 Å². The third kappa shape index (κ3) is 3.04. The third-order valence-corrected chi connectivity index (χ3v) is 2.19. The zero-order valence-corrected chi connectivity index (χ0v) is 10.4. The van der Waals surface area contributed by atoms with Gasteiger partial charge in [-0.3, -0.25) is 4.79 Å². The van der Waals surface area contributed by atoms with Crippen molar-refractivity contribution in [3.63, 3.8) is 0 Å². The quantitative estimate of drug-likeness (QED) is 0.805. The molecule has 0 aliphatic carbocycles. The lowest BCUT2D eigenvalue weighted by molar-refractivity contribution is 0.508. The van der Waals surface area contributed by atoms with Gasteiger partial charge in [0.2, 0.25) is 0 Å². The Hall–Kier alpha value is -0.870. The largest absolute Gasteiger partial charge is 0.319 e. The highest BCUT2D eigenvalue weighted by Gasteiger charge is 2.18. The Morgan fingerprint density at radius 2 is 2.00 bits per heavy atom. The van der Waals surface area contributed by atoms with Crippen molar-refractivity contribution in [1.29, 1.82) is 0 Å². The van der Waals surface area contributed by atoms with Crippen LogP contribution in [0.1, 0.15) is 37.9 Å². The minimum absolute atomic E-state index is 0. The Balaban J connectivity index is 0.00000196. The molecule has 1 rings (SSSR count). The molecule has 4 nitrogen and oxygen atoms in total. The zero-order valence-electron chi connectivity index (χ0n) is 9.55. The number of nitrogens with two attached hydrogens (primary N) is 1. The van der Waals surface area contributed by atoms with Crippen LogP contribution >= 0.6 is 12.4 Å². The van der Waals surface area contributed by atoms with E-state index in [9.17, 15) is 4.79 Å². The number of rotatable bonds is 2. The number of nitrogens with one attached hydrogen (secondary N) is 1. The number of halogens is 1. The number of aromatic amines is 1. The Morgan fingerprint density at radius 1 is 1.47 bits per heavy atom. The molecule has 0 fully saturated rings. The molecule has 0 atom stereocenters. The molecule has 0 aliphatic heterocycles. The summed E-state index contributed by atoms with van der Waals surface area (Å²) in [4.78, 5) is 18.6. The van der Waals surface area contributed by atoms with Crippen molar-refractivity contribution in [2.45, 2.75) is 39.7 Å². The van der Waals surface area contributed by atoms with Crippen LogP contribution in [0.2, 0.25) is 0 Å². The summed E-state index contributed by atoms with van der Waals surface area (Å²) in [6, 6.07) is 0. The van der Waals surface area contributed by atoms with E-state index in [-0.39, 0.29) is 18.0 Å². The summed E-state index contributed by atoms with van der Waals surface area (Å²) in [5.74, 6) is 0.539. The van der Waals surface area contributed by atoms with Gasteiger partial charge in [-0.25, -0.2) is 4.98 Å². The van der Waals surface area contributed by atoms with Crippen LogP contribution in [0.4, 0.5) is 0 Å². The highest BCUT2D eigenvalue weighted by molar-refractivity contribution is 5.85. The maximum absolute atomic E-state index is 11.6. The molecule has 0 saturated carbocycles. The molecule has 0 saturated heterocycles. The Morgan fingerprint density at radius 3 is 2.33 bits per heavy atom. The second-order valence-corrected chi connectivity index (χ2v) is 4.05. The van der Waals surface area contributed by atoms with Crippen molar-refractivity contribution in [2.24, 2.45) is 5.73 Å². The van der Waals surface area contributed by atoms with Gasteiger partial charge in [-0.05, 0) is 27.2 Å². The standard InChI is InChI=1S/C10H17N3O.ClH/c1-5-7-6(2)12-9(10(3,4)11)13-8(7)14;/h5,11H2,1-4H3,(H,12,13,14);1H. The lowest BCUT2D eigenvalue weighted by Gasteiger charge is -2.18. The molecule has 15 heavy (non-hydrogen) atoms. The smallest absolute Gasteiger partial charge is 0.254 e. The molecule has 1 aromatic heterocycles. The first-order valence-corrected chi connectivity index (χ1v) is 4.75. The molecule has 0 unspecified atom stereocenters. The Labute approximate surface area is 95.7 Å². The van der Waals surface area contributed by atoms with Crippen molar-refractivity contribution in [2.75, 3.05) is 0 Å². The van der Waals surface area contributed by atoms with Crippen molar-refractivity contribution in [3.8, 4) is 0 Å². The molecular formula is C10H18ClN3O. The summed E-state index contributed by atoms with van der Waals surface area (Å²) in [7, 11) is 0. The first-order valence-electron chi connectivity index (χ1n) is 4.75. The van der Waals surface area contributed by atoms with E-state index in [1.165, 1.54) is 0 Å². The molecule has 5 heteroatoms. The van der Waals surface area contributed by atoms with Crippen LogP contribution in [0.15, 0.2) is 4.79 Å². The molecule has 0 radical (unpaired) electrons. The number of aryl methyl sites for hydroxylation is 1. The topological polar surface area (TPSA) is 71.8 Å². The number of nitrogens with zero attached hydrogens (tertiary/aromatic N) is 1. The van der Waals surface area contributed by atoms with E-state index in [1.807, 2.05) is 27.7 Å². The van der Waals surface area contributed by atoms with Crippen LogP contribution in [0.3, 0.4) is 0 Å². The second kappa shape index (κ2) is 4.77. The van der Waals surface area contributed by atoms with Crippen LogP contribution in [0.5, 0.6) is 0 Å².